The second-order valence-electron chi connectivity index (χ2n) is 5.81. The van der Waals surface area contributed by atoms with Crippen molar-refractivity contribution in [1.82, 2.24) is 9.88 Å². The number of hydrogen-bond donors (Lipinski definition) is 2. The summed E-state index contributed by atoms with van der Waals surface area (Å²) in [6, 6.07) is 8.32. The van der Waals surface area contributed by atoms with E-state index < -0.39 is 0 Å². The van der Waals surface area contributed by atoms with Crippen molar-refractivity contribution in [2.45, 2.75) is 37.8 Å². The molecule has 1 aromatic carbocycles. The quantitative estimate of drug-likeness (QED) is 0.834. The molecule has 2 aromatic rings. The van der Waals surface area contributed by atoms with Gasteiger partial charge in [-0.3, -0.25) is 4.79 Å². The second kappa shape index (κ2) is 4.35. The van der Waals surface area contributed by atoms with E-state index in [2.05, 4.69) is 17.1 Å². The topological polar surface area (TPSA) is 56.3 Å². The zero-order valence-corrected chi connectivity index (χ0v) is 11.3. The second-order valence-corrected chi connectivity index (χ2v) is 5.81. The van der Waals surface area contributed by atoms with Gasteiger partial charge in [0.1, 0.15) is 0 Å². The van der Waals surface area contributed by atoms with Gasteiger partial charge in [0.25, 0.3) is 0 Å². The number of aliphatic hydroxyl groups excluding tert-OH is 1. The molecule has 0 unspecified atom stereocenters. The number of amides is 1. The van der Waals surface area contributed by atoms with E-state index in [-0.39, 0.29) is 24.6 Å². The van der Waals surface area contributed by atoms with E-state index in [1.165, 1.54) is 16.6 Å². The van der Waals surface area contributed by atoms with Crippen molar-refractivity contribution in [3.8, 4) is 0 Å². The molecule has 1 amide bonds. The van der Waals surface area contributed by atoms with Crippen molar-refractivity contribution < 1.29 is 9.90 Å². The van der Waals surface area contributed by atoms with Crippen molar-refractivity contribution in [2.75, 3.05) is 6.61 Å². The third-order valence-corrected chi connectivity index (χ3v) is 4.72. The van der Waals surface area contributed by atoms with Crippen LogP contribution in [0, 0.1) is 0 Å². The molecule has 2 atom stereocenters. The van der Waals surface area contributed by atoms with Crippen LogP contribution in [0.2, 0.25) is 0 Å². The lowest BCUT2D eigenvalue weighted by atomic mass is 9.86. The maximum Gasteiger partial charge on any atom is 0.223 e. The summed E-state index contributed by atoms with van der Waals surface area (Å²) >= 11 is 0. The van der Waals surface area contributed by atoms with Crippen molar-refractivity contribution >= 4 is 16.8 Å². The fraction of sp³-hybridized carbons (Fsp3) is 0.438. The average Bonchev–Trinajstić information content (AvgIpc) is 2.85. The number of nitrogens with zero attached hydrogens (tertiary/aromatic N) is 1. The standard InChI is InChI=1S/C16H18N2O2/c19-9-10-8-12-11-4-1-2-5-13(11)17-16(12)14-6-3-7-15(20)18(10)14/h1-2,4-5,10,14,17,19H,3,6-9H2/t10-,14+/m0/s1. The molecule has 1 fully saturated rings. The number of fused-ring (bicyclic) bond motifs is 5. The molecule has 4 heteroatoms. The lowest BCUT2D eigenvalue weighted by Gasteiger charge is -2.44. The first-order chi connectivity index (χ1) is 9.79. The Hall–Kier alpha value is -1.81. The minimum absolute atomic E-state index is 0.0428. The van der Waals surface area contributed by atoms with Gasteiger partial charge in [-0.15, -0.1) is 0 Å². The Morgan fingerprint density at radius 3 is 3.05 bits per heavy atom. The minimum atomic E-state index is -0.0699. The van der Waals surface area contributed by atoms with Crippen LogP contribution < -0.4 is 0 Å². The predicted octanol–water partition coefficient (Wildman–Crippen LogP) is 2.14. The highest BCUT2D eigenvalue weighted by atomic mass is 16.3. The Morgan fingerprint density at radius 1 is 1.35 bits per heavy atom. The Kier molecular flexibility index (Phi) is 2.60. The first-order valence-corrected chi connectivity index (χ1v) is 7.31. The monoisotopic (exact) mass is 270 g/mol. The Bertz CT molecular complexity index is 676. The third-order valence-electron chi connectivity index (χ3n) is 4.72. The summed E-state index contributed by atoms with van der Waals surface area (Å²) in [7, 11) is 0. The van der Waals surface area contributed by atoms with E-state index in [1.807, 2.05) is 17.0 Å². The summed E-state index contributed by atoms with van der Waals surface area (Å²) in [6.07, 6.45) is 3.29. The van der Waals surface area contributed by atoms with Gasteiger partial charge in [0, 0.05) is 23.0 Å². The van der Waals surface area contributed by atoms with Crippen LogP contribution in [0.3, 0.4) is 0 Å². The molecule has 0 saturated carbocycles. The van der Waals surface area contributed by atoms with Crippen LogP contribution in [-0.2, 0) is 11.2 Å². The zero-order valence-electron chi connectivity index (χ0n) is 11.3. The highest BCUT2D eigenvalue weighted by molar-refractivity contribution is 5.86. The first kappa shape index (κ1) is 12.0. The summed E-state index contributed by atoms with van der Waals surface area (Å²) in [4.78, 5) is 17.6. The summed E-state index contributed by atoms with van der Waals surface area (Å²) < 4.78 is 0. The number of aromatic nitrogens is 1. The molecule has 1 saturated heterocycles. The molecule has 4 nitrogen and oxygen atoms in total. The molecule has 2 aliphatic heterocycles. The Morgan fingerprint density at radius 2 is 2.20 bits per heavy atom. The SMILES string of the molecule is O=C1CCC[C@@H]2c3[nH]c4ccccc4c3C[C@@H](CO)N12. The van der Waals surface area contributed by atoms with Gasteiger partial charge in [-0.25, -0.2) is 0 Å². The van der Waals surface area contributed by atoms with Gasteiger partial charge in [-0.2, -0.15) is 0 Å². The molecular formula is C16H18N2O2. The fourth-order valence-electron chi connectivity index (χ4n) is 3.84. The average molecular weight is 270 g/mol. The molecule has 4 rings (SSSR count). The number of H-pyrrole nitrogens is 1. The number of rotatable bonds is 1. The maximum atomic E-state index is 12.2. The molecule has 2 N–H and O–H groups in total. The largest absolute Gasteiger partial charge is 0.394 e. The van der Waals surface area contributed by atoms with Crippen LogP contribution in [0.5, 0.6) is 0 Å². The lowest BCUT2D eigenvalue weighted by Crippen LogP contribution is -2.50. The molecule has 3 heterocycles. The molecule has 104 valence electrons. The molecule has 2 aliphatic rings. The van der Waals surface area contributed by atoms with E-state index in [1.54, 1.807) is 0 Å². The summed E-state index contributed by atoms with van der Waals surface area (Å²) in [5, 5.41) is 10.9. The van der Waals surface area contributed by atoms with E-state index in [4.69, 9.17) is 0 Å². The maximum absolute atomic E-state index is 12.2. The number of hydrogen-bond acceptors (Lipinski definition) is 2. The van der Waals surface area contributed by atoms with E-state index in [0.717, 1.165) is 24.8 Å². The number of para-hydroxylation sites is 1. The molecule has 20 heavy (non-hydrogen) atoms. The minimum Gasteiger partial charge on any atom is -0.394 e. The van der Waals surface area contributed by atoms with Crippen molar-refractivity contribution in [2.24, 2.45) is 0 Å². The normalized spacial score (nSPS) is 25.6. The van der Waals surface area contributed by atoms with Crippen LogP contribution in [-0.4, -0.2) is 33.5 Å². The fourth-order valence-corrected chi connectivity index (χ4v) is 3.84. The predicted molar refractivity (Wildman–Crippen MR) is 76.3 cm³/mol. The third kappa shape index (κ3) is 1.54. The van der Waals surface area contributed by atoms with Crippen molar-refractivity contribution in [3.05, 3.63) is 35.5 Å². The number of piperidine rings is 1. The Labute approximate surface area is 117 Å². The molecule has 0 bridgehead atoms. The molecule has 0 spiro atoms. The van der Waals surface area contributed by atoms with Gasteiger partial charge >= 0.3 is 0 Å². The van der Waals surface area contributed by atoms with Crippen LogP contribution in [0.15, 0.2) is 24.3 Å². The first-order valence-electron chi connectivity index (χ1n) is 7.31. The van der Waals surface area contributed by atoms with Gasteiger partial charge in [-0.05, 0) is 30.9 Å². The Balaban J connectivity index is 1.90. The van der Waals surface area contributed by atoms with Crippen LogP contribution in [0.25, 0.3) is 10.9 Å². The number of aromatic amines is 1. The van der Waals surface area contributed by atoms with E-state index in [0.29, 0.717) is 6.42 Å². The summed E-state index contributed by atoms with van der Waals surface area (Å²) in [6.45, 7) is 0.0428. The van der Waals surface area contributed by atoms with Gasteiger partial charge in [0.2, 0.25) is 5.91 Å². The number of benzene rings is 1. The van der Waals surface area contributed by atoms with Crippen molar-refractivity contribution in [3.63, 3.8) is 0 Å². The van der Waals surface area contributed by atoms with Crippen LogP contribution in [0.1, 0.15) is 36.6 Å². The number of nitrogens with one attached hydrogen (secondary N) is 1. The molecule has 0 radical (unpaired) electrons. The van der Waals surface area contributed by atoms with Crippen LogP contribution in [0.4, 0.5) is 0 Å². The van der Waals surface area contributed by atoms with Gasteiger partial charge < -0.3 is 15.0 Å². The number of carbonyl (C=O) groups is 1. The van der Waals surface area contributed by atoms with Gasteiger partial charge in [0.15, 0.2) is 0 Å². The molecular weight excluding hydrogens is 252 g/mol. The molecule has 0 aliphatic carbocycles. The van der Waals surface area contributed by atoms with Crippen molar-refractivity contribution in [1.29, 1.82) is 0 Å². The lowest BCUT2D eigenvalue weighted by molar-refractivity contribution is -0.141. The van der Waals surface area contributed by atoms with Gasteiger partial charge in [0.05, 0.1) is 18.7 Å². The highest BCUT2D eigenvalue weighted by Crippen LogP contribution is 2.41. The molecule has 1 aromatic heterocycles. The zero-order chi connectivity index (χ0) is 13.7. The van der Waals surface area contributed by atoms with E-state index in [9.17, 15) is 9.90 Å². The van der Waals surface area contributed by atoms with Crippen LogP contribution >= 0.6 is 0 Å². The smallest absolute Gasteiger partial charge is 0.223 e. The van der Waals surface area contributed by atoms with E-state index >= 15 is 0 Å². The summed E-state index contributed by atoms with van der Waals surface area (Å²) in [5.74, 6) is 0.185. The summed E-state index contributed by atoms with van der Waals surface area (Å²) in [5.41, 5.74) is 3.61. The number of carbonyl (C=O) groups excluding carboxylic acids is 1. The van der Waals surface area contributed by atoms with Gasteiger partial charge in [-0.1, -0.05) is 18.2 Å². The number of aliphatic hydroxyl groups is 1. The highest BCUT2D eigenvalue weighted by Gasteiger charge is 2.40.